The molecule has 1 atom stereocenters. The van der Waals surface area contributed by atoms with E-state index in [-0.39, 0.29) is 24.1 Å². The number of aryl methyl sites for hydroxylation is 1. The molecule has 3 saturated heterocycles. The van der Waals surface area contributed by atoms with E-state index in [4.69, 9.17) is 0 Å². The lowest BCUT2D eigenvalue weighted by atomic mass is 9.83. The fraction of sp³-hybridized carbons (Fsp3) is 0.652. The molecule has 0 spiro atoms. The van der Waals surface area contributed by atoms with Crippen molar-refractivity contribution in [3.63, 3.8) is 0 Å². The summed E-state index contributed by atoms with van der Waals surface area (Å²) in [5.41, 5.74) is 1.06. The fourth-order valence-corrected chi connectivity index (χ4v) is 5.57. The summed E-state index contributed by atoms with van der Waals surface area (Å²) < 4.78 is 16.8. The lowest BCUT2D eigenvalue weighted by Gasteiger charge is -2.35. The Morgan fingerprint density at radius 3 is 2.53 bits per heavy atom. The number of piperidine rings is 3. The highest BCUT2D eigenvalue weighted by Gasteiger charge is 2.33. The molecule has 32 heavy (non-hydrogen) atoms. The number of anilines is 1. The number of nitrogens with one attached hydrogen (secondary N) is 2. The van der Waals surface area contributed by atoms with Crippen molar-refractivity contribution >= 4 is 28.7 Å². The van der Waals surface area contributed by atoms with Gasteiger partial charge in [-0.25, -0.2) is 9.37 Å². The van der Waals surface area contributed by atoms with E-state index in [9.17, 15) is 9.59 Å². The van der Waals surface area contributed by atoms with Crippen LogP contribution in [-0.4, -0.2) is 52.8 Å². The summed E-state index contributed by atoms with van der Waals surface area (Å²) in [6, 6.07) is 1.46. The van der Waals surface area contributed by atoms with Gasteiger partial charge in [0.05, 0.1) is 11.6 Å². The average Bonchev–Trinajstić information content (AvgIpc) is 3.09. The van der Waals surface area contributed by atoms with E-state index < -0.39 is 5.92 Å². The smallest absolute Gasteiger partial charge is 0.235 e. The summed E-state index contributed by atoms with van der Waals surface area (Å²) in [5.74, 6) is 0.306. The molecule has 3 fully saturated rings. The van der Waals surface area contributed by atoms with Gasteiger partial charge in [0.1, 0.15) is 0 Å². The first-order valence-electron chi connectivity index (χ1n) is 11.8. The maximum Gasteiger partial charge on any atom is 0.235 e. The van der Waals surface area contributed by atoms with Crippen LogP contribution >= 0.6 is 0 Å². The van der Waals surface area contributed by atoms with Gasteiger partial charge in [-0.1, -0.05) is 0 Å². The fourth-order valence-electron chi connectivity index (χ4n) is 5.57. The Morgan fingerprint density at radius 2 is 1.81 bits per heavy atom. The first kappa shape index (κ1) is 21.3. The molecule has 2 aromatic heterocycles. The summed E-state index contributed by atoms with van der Waals surface area (Å²) in [6.45, 7) is 3.88. The Kier molecular flexibility index (Phi) is 5.84. The molecule has 5 rings (SSSR count). The minimum absolute atomic E-state index is 0.259. The number of imide groups is 1. The summed E-state index contributed by atoms with van der Waals surface area (Å²) in [6.07, 6.45) is 6.58. The highest BCUT2D eigenvalue weighted by Crippen LogP contribution is 2.34. The van der Waals surface area contributed by atoms with Crippen molar-refractivity contribution in [2.75, 3.05) is 31.1 Å². The van der Waals surface area contributed by atoms with E-state index in [2.05, 4.69) is 20.7 Å². The first-order chi connectivity index (χ1) is 15.5. The quantitative estimate of drug-likeness (QED) is 0.706. The van der Waals surface area contributed by atoms with E-state index in [1.54, 1.807) is 11.7 Å². The van der Waals surface area contributed by atoms with E-state index in [1.807, 2.05) is 4.90 Å². The number of fused-ring (bicyclic) bond motifs is 1. The number of pyridine rings is 1. The number of rotatable bonds is 4. The second kappa shape index (κ2) is 8.77. The molecule has 0 aliphatic carbocycles. The number of hydrogen-bond donors (Lipinski definition) is 2. The molecule has 3 aliphatic rings. The van der Waals surface area contributed by atoms with Gasteiger partial charge in [0.15, 0.2) is 17.3 Å². The molecule has 2 aromatic rings. The maximum absolute atomic E-state index is 15.2. The van der Waals surface area contributed by atoms with Gasteiger partial charge in [0.25, 0.3) is 0 Å². The van der Waals surface area contributed by atoms with Crippen LogP contribution in [0.15, 0.2) is 6.07 Å². The van der Waals surface area contributed by atoms with Gasteiger partial charge < -0.3 is 10.2 Å². The zero-order chi connectivity index (χ0) is 22.2. The van der Waals surface area contributed by atoms with Crippen LogP contribution in [0.4, 0.5) is 10.2 Å². The van der Waals surface area contributed by atoms with Gasteiger partial charge in [0.2, 0.25) is 11.8 Å². The van der Waals surface area contributed by atoms with Gasteiger partial charge in [-0.05, 0) is 69.5 Å². The molecule has 172 valence electrons. The molecule has 8 nitrogen and oxygen atoms in total. The Bertz CT molecular complexity index is 1020. The average molecular weight is 443 g/mol. The molecule has 0 aromatic carbocycles. The van der Waals surface area contributed by atoms with Crippen LogP contribution in [0.1, 0.15) is 56.6 Å². The van der Waals surface area contributed by atoms with Crippen LogP contribution in [0, 0.1) is 17.7 Å². The van der Waals surface area contributed by atoms with Gasteiger partial charge in [-0.2, -0.15) is 5.10 Å². The molecule has 2 N–H and O–H groups in total. The van der Waals surface area contributed by atoms with Crippen molar-refractivity contribution in [1.82, 2.24) is 25.4 Å². The molecular formula is C23H31FN6O2. The van der Waals surface area contributed by atoms with E-state index in [1.165, 1.54) is 25.3 Å². The van der Waals surface area contributed by atoms with Crippen LogP contribution in [0.25, 0.3) is 11.0 Å². The highest BCUT2D eigenvalue weighted by molar-refractivity contribution is 6.02. The minimum atomic E-state index is -0.561. The van der Waals surface area contributed by atoms with Crippen LogP contribution in [0.3, 0.4) is 0 Å². The number of carbonyl (C=O) groups excluding carboxylic acids is 2. The largest absolute Gasteiger partial charge is 0.354 e. The van der Waals surface area contributed by atoms with Crippen LogP contribution in [0.2, 0.25) is 0 Å². The van der Waals surface area contributed by atoms with Crippen molar-refractivity contribution < 1.29 is 14.0 Å². The number of halogens is 1. The Balaban J connectivity index is 1.32. The predicted octanol–water partition coefficient (Wildman–Crippen LogP) is 2.23. The van der Waals surface area contributed by atoms with E-state index >= 15 is 4.39 Å². The molecule has 0 radical (unpaired) electrons. The monoisotopic (exact) mass is 442 g/mol. The first-order valence-corrected chi connectivity index (χ1v) is 11.8. The topological polar surface area (TPSA) is 92.2 Å². The number of hydrogen-bond acceptors (Lipinski definition) is 6. The van der Waals surface area contributed by atoms with Crippen molar-refractivity contribution in [1.29, 1.82) is 0 Å². The molecule has 3 aliphatic heterocycles. The summed E-state index contributed by atoms with van der Waals surface area (Å²) in [4.78, 5) is 30.5. The summed E-state index contributed by atoms with van der Waals surface area (Å²) in [7, 11) is 1.76. The summed E-state index contributed by atoms with van der Waals surface area (Å²) in [5, 5.41) is 10.8. The van der Waals surface area contributed by atoms with E-state index in [0.717, 1.165) is 44.9 Å². The van der Waals surface area contributed by atoms with Gasteiger partial charge in [0, 0.05) is 31.9 Å². The molecule has 9 heteroatoms. The van der Waals surface area contributed by atoms with Crippen molar-refractivity contribution in [2.45, 2.75) is 50.9 Å². The van der Waals surface area contributed by atoms with Crippen LogP contribution in [-0.2, 0) is 16.6 Å². The third-order valence-corrected chi connectivity index (χ3v) is 7.39. The second-order valence-corrected chi connectivity index (χ2v) is 9.54. The van der Waals surface area contributed by atoms with Crippen LogP contribution in [0.5, 0.6) is 0 Å². The number of amides is 2. The molecule has 0 saturated carbocycles. The van der Waals surface area contributed by atoms with Crippen molar-refractivity contribution in [2.24, 2.45) is 18.9 Å². The number of aromatic nitrogens is 3. The van der Waals surface area contributed by atoms with Crippen molar-refractivity contribution in [3.8, 4) is 0 Å². The van der Waals surface area contributed by atoms with Crippen LogP contribution < -0.4 is 15.5 Å². The Hall–Kier alpha value is -2.55. The minimum Gasteiger partial charge on any atom is -0.354 e. The van der Waals surface area contributed by atoms with Crippen molar-refractivity contribution in [3.05, 3.63) is 17.6 Å². The van der Waals surface area contributed by atoms with Gasteiger partial charge >= 0.3 is 0 Å². The number of nitrogens with zero attached hydrogens (tertiary/aromatic N) is 4. The molecule has 1 unspecified atom stereocenters. The predicted molar refractivity (Wildman–Crippen MR) is 119 cm³/mol. The summed E-state index contributed by atoms with van der Waals surface area (Å²) >= 11 is 0. The lowest BCUT2D eigenvalue weighted by molar-refractivity contribution is -0.134. The van der Waals surface area contributed by atoms with E-state index in [0.29, 0.717) is 34.9 Å². The SMILES string of the molecule is Cn1nc(C2CCC(=O)NC2=O)c2cc(F)c(N3CCC(CC4CCNCC4)CC3)nc21. The third-order valence-electron chi connectivity index (χ3n) is 7.39. The third kappa shape index (κ3) is 4.10. The standard InChI is InChI=1S/C23H31FN6O2/c1-29-21-17(20(28-29)16-2-3-19(31)26-23(16)32)13-18(24)22(27-21)30-10-6-15(7-11-30)12-14-4-8-25-9-5-14/h13-16,25H,2-12H2,1H3,(H,26,31,32). The molecule has 2 amide bonds. The molecular weight excluding hydrogens is 411 g/mol. The number of carbonyl (C=O) groups is 2. The zero-order valence-electron chi connectivity index (χ0n) is 18.6. The Morgan fingerprint density at radius 1 is 1.09 bits per heavy atom. The zero-order valence-corrected chi connectivity index (χ0v) is 18.6. The van der Waals surface area contributed by atoms with Gasteiger partial charge in [-0.3, -0.25) is 19.6 Å². The molecule has 0 bridgehead atoms. The normalized spacial score (nSPS) is 23.7. The highest BCUT2D eigenvalue weighted by atomic mass is 19.1. The Labute approximate surface area is 186 Å². The second-order valence-electron chi connectivity index (χ2n) is 9.54. The van der Waals surface area contributed by atoms with Gasteiger partial charge in [-0.15, -0.1) is 0 Å². The molecule has 5 heterocycles. The maximum atomic E-state index is 15.2. The lowest BCUT2D eigenvalue weighted by Crippen LogP contribution is -2.39.